The molecule has 0 unspecified atom stereocenters. The molecule has 0 rings (SSSR count). The maximum absolute atomic E-state index is 10.2. The molecule has 0 aliphatic carbocycles. The van der Waals surface area contributed by atoms with Gasteiger partial charge in [0.15, 0.2) is 0 Å². The third kappa shape index (κ3) is 3.21. The third-order valence-corrected chi connectivity index (χ3v) is 0.631. The van der Waals surface area contributed by atoms with Crippen molar-refractivity contribution in [3.63, 3.8) is 0 Å². The molecule has 0 aromatic rings. The number of nitrogens with two attached hydrogens (primary N) is 1. The van der Waals surface area contributed by atoms with E-state index >= 15 is 0 Å². The molecule has 0 radical (unpaired) electrons. The quantitative estimate of drug-likeness (QED) is 0.502. The minimum Gasteiger partial charge on any atom is -0.385 e. The Hall–Kier alpha value is -0.990. The predicted octanol–water partition coefficient (Wildman–Crippen LogP) is -0.0575. The second-order valence-corrected chi connectivity index (χ2v) is 1.43. The molecule has 0 aromatic carbocycles. The summed E-state index contributed by atoms with van der Waals surface area (Å²) in [6, 6.07) is 0. The number of allylic oxidation sites excluding steroid dienone is 1. The molecule has 0 saturated carbocycles. The van der Waals surface area contributed by atoms with Gasteiger partial charge >= 0.3 is 0 Å². The second-order valence-electron chi connectivity index (χ2n) is 1.43. The van der Waals surface area contributed by atoms with Crippen molar-refractivity contribution in [2.24, 2.45) is 5.73 Å². The summed E-state index contributed by atoms with van der Waals surface area (Å²) >= 11 is 0. The molecule has 0 fully saturated rings. The summed E-state index contributed by atoms with van der Waals surface area (Å²) in [5, 5.41) is 2.39. The van der Waals surface area contributed by atoms with E-state index in [-0.39, 0.29) is 5.91 Å². The van der Waals surface area contributed by atoms with Crippen LogP contribution in [0.5, 0.6) is 0 Å². The zero-order valence-corrected chi connectivity index (χ0v) is 5.06. The van der Waals surface area contributed by atoms with Crippen molar-refractivity contribution in [1.29, 1.82) is 0 Å². The highest BCUT2D eigenvalue weighted by Crippen LogP contribution is 1.72. The molecule has 0 aromatic heterocycles. The van der Waals surface area contributed by atoms with Crippen LogP contribution in [0, 0.1) is 0 Å². The number of carbonyl (C=O) groups excluding carboxylic acids is 1. The van der Waals surface area contributed by atoms with Crippen molar-refractivity contribution in [3.8, 4) is 0 Å². The number of hydrogen-bond donors (Lipinski definition) is 2. The summed E-state index contributed by atoms with van der Waals surface area (Å²) < 4.78 is 0. The smallest absolute Gasteiger partial charge is 0.222 e. The summed E-state index contributed by atoms with van der Waals surface area (Å²) in [5.41, 5.74) is 5.20. The van der Waals surface area contributed by atoms with Crippen LogP contribution in [0.3, 0.4) is 0 Å². The maximum atomic E-state index is 10.2. The van der Waals surface area contributed by atoms with Crippen molar-refractivity contribution in [1.82, 2.24) is 5.32 Å². The molecule has 1 amide bonds. The van der Waals surface area contributed by atoms with Crippen LogP contribution in [-0.2, 0) is 4.79 Å². The minimum absolute atomic E-state index is 0.138. The van der Waals surface area contributed by atoms with Gasteiger partial charge in [0.1, 0.15) is 0 Å². The SMILES string of the molecule is C/C=C(/N)NC(C)=O. The number of rotatable bonds is 1. The average Bonchev–Trinajstić information content (AvgIpc) is 1.65. The minimum atomic E-state index is -0.138. The average molecular weight is 114 g/mol. The standard InChI is InChI=1S/C5H10N2O/c1-3-5(6)7-4(2)8/h3H,6H2,1-2H3,(H,7,8)/b5-3-. The molecule has 0 atom stereocenters. The van der Waals surface area contributed by atoms with Crippen molar-refractivity contribution < 1.29 is 4.79 Å². The van der Waals surface area contributed by atoms with E-state index in [1.54, 1.807) is 13.0 Å². The lowest BCUT2D eigenvalue weighted by Crippen LogP contribution is -2.24. The van der Waals surface area contributed by atoms with E-state index in [1.807, 2.05) is 0 Å². The van der Waals surface area contributed by atoms with E-state index in [1.165, 1.54) is 6.92 Å². The molecule has 46 valence electrons. The van der Waals surface area contributed by atoms with Gasteiger partial charge in [0.25, 0.3) is 0 Å². The van der Waals surface area contributed by atoms with E-state index in [4.69, 9.17) is 5.73 Å². The summed E-state index contributed by atoms with van der Waals surface area (Å²) in [6.07, 6.45) is 1.63. The number of hydrogen-bond acceptors (Lipinski definition) is 2. The van der Waals surface area contributed by atoms with Crippen LogP contribution in [0.4, 0.5) is 0 Å². The van der Waals surface area contributed by atoms with E-state index in [0.717, 1.165) is 0 Å². The third-order valence-electron chi connectivity index (χ3n) is 0.631. The first-order valence-corrected chi connectivity index (χ1v) is 2.36. The summed E-state index contributed by atoms with van der Waals surface area (Å²) in [7, 11) is 0. The second kappa shape index (κ2) is 3.07. The van der Waals surface area contributed by atoms with Crippen LogP contribution >= 0.6 is 0 Å². The number of carbonyl (C=O) groups is 1. The molecule has 0 heterocycles. The Labute approximate surface area is 48.6 Å². The lowest BCUT2D eigenvalue weighted by molar-refractivity contribution is -0.118. The van der Waals surface area contributed by atoms with Gasteiger partial charge in [-0.2, -0.15) is 0 Å². The Morgan fingerprint density at radius 3 is 2.38 bits per heavy atom. The lowest BCUT2D eigenvalue weighted by Gasteiger charge is -1.96. The Morgan fingerprint density at radius 2 is 2.25 bits per heavy atom. The molecular formula is C5H10N2O. The molecule has 0 aliphatic rings. The Bertz CT molecular complexity index is 118. The molecule has 3 N–H and O–H groups in total. The fraction of sp³-hybridized carbons (Fsp3) is 0.400. The van der Waals surface area contributed by atoms with Crippen LogP contribution in [0.25, 0.3) is 0 Å². The van der Waals surface area contributed by atoms with Gasteiger partial charge in [-0.25, -0.2) is 0 Å². The van der Waals surface area contributed by atoms with Gasteiger partial charge in [-0.05, 0) is 13.0 Å². The van der Waals surface area contributed by atoms with E-state index < -0.39 is 0 Å². The van der Waals surface area contributed by atoms with Gasteiger partial charge in [0, 0.05) is 6.92 Å². The molecule has 0 bridgehead atoms. The highest BCUT2D eigenvalue weighted by Gasteiger charge is 1.87. The highest BCUT2D eigenvalue weighted by molar-refractivity contribution is 5.74. The van der Waals surface area contributed by atoms with Crippen molar-refractivity contribution in [2.45, 2.75) is 13.8 Å². The first kappa shape index (κ1) is 7.01. The predicted molar refractivity (Wildman–Crippen MR) is 31.8 cm³/mol. The first-order chi connectivity index (χ1) is 3.66. The normalized spacial score (nSPS) is 11.0. The largest absolute Gasteiger partial charge is 0.385 e. The lowest BCUT2D eigenvalue weighted by atomic mass is 10.6. The Balaban J connectivity index is 3.56. The van der Waals surface area contributed by atoms with E-state index in [2.05, 4.69) is 5.32 Å². The van der Waals surface area contributed by atoms with E-state index in [9.17, 15) is 4.79 Å². The monoisotopic (exact) mass is 114 g/mol. The first-order valence-electron chi connectivity index (χ1n) is 2.36. The molecule has 0 saturated heterocycles. The number of amides is 1. The summed E-state index contributed by atoms with van der Waals surface area (Å²) in [5.74, 6) is 0.262. The van der Waals surface area contributed by atoms with E-state index in [0.29, 0.717) is 5.82 Å². The fourth-order valence-corrected chi connectivity index (χ4v) is 0.275. The fourth-order valence-electron chi connectivity index (χ4n) is 0.275. The summed E-state index contributed by atoms with van der Waals surface area (Å²) in [4.78, 5) is 10.2. The molecular weight excluding hydrogens is 104 g/mol. The molecule has 8 heavy (non-hydrogen) atoms. The zero-order chi connectivity index (χ0) is 6.57. The Kier molecular flexibility index (Phi) is 2.69. The van der Waals surface area contributed by atoms with Gasteiger partial charge < -0.3 is 11.1 Å². The zero-order valence-electron chi connectivity index (χ0n) is 5.06. The highest BCUT2D eigenvalue weighted by atomic mass is 16.1. The van der Waals surface area contributed by atoms with Gasteiger partial charge in [0.05, 0.1) is 5.82 Å². The van der Waals surface area contributed by atoms with Gasteiger partial charge in [-0.15, -0.1) is 0 Å². The van der Waals surface area contributed by atoms with Gasteiger partial charge in [-0.1, -0.05) is 0 Å². The van der Waals surface area contributed by atoms with Crippen LogP contribution in [-0.4, -0.2) is 5.91 Å². The van der Waals surface area contributed by atoms with Crippen molar-refractivity contribution >= 4 is 5.91 Å². The number of nitrogens with one attached hydrogen (secondary N) is 1. The van der Waals surface area contributed by atoms with Crippen LogP contribution in [0.2, 0.25) is 0 Å². The Morgan fingerprint density at radius 1 is 1.75 bits per heavy atom. The van der Waals surface area contributed by atoms with Crippen LogP contribution in [0.15, 0.2) is 11.9 Å². The topological polar surface area (TPSA) is 55.1 Å². The van der Waals surface area contributed by atoms with Crippen molar-refractivity contribution in [3.05, 3.63) is 11.9 Å². The summed E-state index contributed by atoms with van der Waals surface area (Å²) in [6.45, 7) is 3.17. The maximum Gasteiger partial charge on any atom is 0.222 e. The van der Waals surface area contributed by atoms with Gasteiger partial charge in [0.2, 0.25) is 5.91 Å². The molecule has 3 heteroatoms. The van der Waals surface area contributed by atoms with Crippen LogP contribution in [0.1, 0.15) is 13.8 Å². The molecule has 0 aliphatic heterocycles. The molecule has 3 nitrogen and oxygen atoms in total. The van der Waals surface area contributed by atoms with Crippen molar-refractivity contribution in [2.75, 3.05) is 0 Å². The van der Waals surface area contributed by atoms with Gasteiger partial charge in [-0.3, -0.25) is 4.79 Å². The van der Waals surface area contributed by atoms with Crippen LogP contribution < -0.4 is 11.1 Å². The molecule has 0 spiro atoms.